The van der Waals surface area contributed by atoms with Gasteiger partial charge < -0.3 is 4.43 Å². The van der Waals surface area contributed by atoms with E-state index in [4.69, 9.17) is 4.43 Å². The molecular formula is C6H13OSi. The van der Waals surface area contributed by atoms with Crippen LogP contribution in [0, 0.1) is 7.11 Å². The monoisotopic (exact) mass is 129 g/mol. The van der Waals surface area contributed by atoms with Gasteiger partial charge in [-0.3, -0.25) is 0 Å². The van der Waals surface area contributed by atoms with Crippen molar-refractivity contribution in [2.24, 2.45) is 0 Å². The zero-order valence-electron chi connectivity index (χ0n) is 5.61. The zero-order chi connectivity index (χ0) is 6.62. The van der Waals surface area contributed by atoms with E-state index in [0.717, 1.165) is 6.04 Å². The summed E-state index contributed by atoms with van der Waals surface area (Å²) >= 11 is 0. The zero-order valence-corrected chi connectivity index (χ0v) is 6.61. The largest absolute Gasteiger partial charge is 0.415 e. The Morgan fingerprint density at radius 3 is 2.25 bits per heavy atom. The van der Waals surface area contributed by atoms with Crippen LogP contribution in [0.25, 0.3) is 0 Å². The Balaban J connectivity index is 3.53. The number of hydrogen-bond donors (Lipinski definition) is 0. The van der Waals surface area contributed by atoms with Gasteiger partial charge in [0.2, 0.25) is 0 Å². The summed E-state index contributed by atoms with van der Waals surface area (Å²) in [6.45, 7) is 7.85. The van der Waals surface area contributed by atoms with E-state index in [1.165, 1.54) is 0 Å². The fraction of sp³-hybridized carbons (Fsp3) is 0.500. The lowest BCUT2D eigenvalue weighted by molar-refractivity contribution is 0.466. The Morgan fingerprint density at radius 1 is 1.62 bits per heavy atom. The first-order valence-corrected chi connectivity index (χ1v) is 5.78. The van der Waals surface area contributed by atoms with E-state index in [0.29, 0.717) is 0 Å². The van der Waals surface area contributed by atoms with Crippen LogP contribution in [-0.2, 0) is 4.43 Å². The topological polar surface area (TPSA) is 9.23 Å². The maximum Gasteiger partial charge on any atom is 0.190 e. The Labute approximate surface area is 52.5 Å². The third-order valence-corrected chi connectivity index (χ3v) is 3.08. The summed E-state index contributed by atoms with van der Waals surface area (Å²) in [4.78, 5) is 0. The van der Waals surface area contributed by atoms with Crippen LogP contribution in [0.4, 0.5) is 0 Å². The van der Waals surface area contributed by atoms with E-state index in [1.807, 2.05) is 6.08 Å². The molecule has 0 rings (SSSR count). The van der Waals surface area contributed by atoms with Crippen LogP contribution in [0.15, 0.2) is 12.7 Å². The highest BCUT2D eigenvalue weighted by molar-refractivity contribution is 6.71. The van der Waals surface area contributed by atoms with Gasteiger partial charge in [-0.15, -0.1) is 6.58 Å². The van der Waals surface area contributed by atoms with Crippen molar-refractivity contribution in [3.8, 4) is 0 Å². The molecule has 0 aliphatic carbocycles. The minimum absolute atomic E-state index is 0.983. The molecule has 0 amide bonds. The standard InChI is InChI=1S/C6H13OSi/c1-5-6-8(3,4)7-2/h5H,1-2,6H2,3-4H3. The SMILES string of the molecule is [CH2]O[Si](C)(C)CC=C. The fourth-order valence-corrected chi connectivity index (χ4v) is 1.22. The van der Waals surface area contributed by atoms with Crippen molar-refractivity contribution >= 4 is 8.32 Å². The first-order chi connectivity index (χ1) is 3.62. The van der Waals surface area contributed by atoms with Gasteiger partial charge in [-0.1, -0.05) is 6.08 Å². The first kappa shape index (κ1) is 7.92. The summed E-state index contributed by atoms with van der Waals surface area (Å²) < 4.78 is 5.00. The van der Waals surface area contributed by atoms with E-state index in [9.17, 15) is 0 Å². The Hall–Kier alpha value is -0.0831. The van der Waals surface area contributed by atoms with E-state index >= 15 is 0 Å². The van der Waals surface area contributed by atoms with Crippen molar-refractivity contribution in [3.63, 3.8) is 0 Å². The van der Waals surface area contributed by atoms with E-state index in [2.05, 4.69) is 26.8 Å². The molecule has 0 aromatic rings. The highest BCUT2D eigenvalue weighted by Gasteiger charge is 2.17. The molecule has 0 aliphatic heterocycles. The molecule has 0 atom stereocenters. The second-order valence-corrected chi connectivity index (χ2v) is 6.61. The molecular weight excluding hydrogens is 116 g/mol. The van der Waals surface area contributed by atoms with Crippen LogP contribution in [0.1, 0.15) is 0 Å². The second kappa shape index (κ2) is 3.05. The second-order valence-electron chi connectivity index (χ2n) is 2.40. The van der Waals surface area contributed by atoms with Crippen LogP contribution >= 0.6 is 0 Å². The maximum atomic E-state index is 5.00. The lowest BCUT2D eigenvalue weighted by Crippen LogP contribution is -2.25. The Kier molecular flexibility index (Phi) is 3.01. The lowest BCUT2D eigenvalue weighted by Gasteiger charge is -2.16. The van der Waals surface area contributed by atoms with Gasteiger partial charge in [-0.05, 0) is 19.1 Å². The summed E-state index contributed by atoms with van der Waals surface area (Å²) in [5.74, 6) is 0. The van der Waals surface area contributed by atoms with Gasteiger partial charge in [0.15, 0.2) is 8.32 Å². The molecule has 1 nitrogen and oxygen atoms in total. The van der Waals surface area contributed by atoms with Crippen molar-refractivity contribution < 1.29 is 4.43 Å². The van der Waals surface area contributed by atoms with Crippen molar-refractivity contribution in [1.29, 1.82) is 0 Å². The molecule has 0 aliphatic rings. The van der Waals surface area contributed by atoms with Crippen LogP contribution in [-0.4, -0.2) is 8.32 Å². The van der Waals surface area contributed by atoms with Gasteiger partial charge in [0.1, 0.15) is 0 Å². The molecule has 0 aromatic carbocycles. The molecule has 0 spiro atoms. The predicted octanol–water partition coefficient (Wildman–Crippen LogP) is 2.19. The van der Waals surface area contributed by atoms with Crippen LogP contribution in [0.5, 0.6) is 0 Å². The van der Waals surface area contributed by atoms with E-state index < -0.39 is 8.32 Å². The number of allylic oxidation sites excluding steroid dienone is 1. The smallest absolute Gasteiger partial charge is 0.190 e. The molecule has 0 bridgehead atoms. The third kappa shape index (κ3) is 2.99. The lowest BCUT2D eigenvalue weighted by atomic mass is 10.8. The minimum atomic E-state index is -1.41. The molecule has 0 heterocycles. The van der Waals surface area contributed by atoms with Crippen molar-refractivity contribution in [3.05, 3.63) is 19.8 Å². The van der Waals surface area contributed by atoms with Crippen LogP contribution in [0.3, 0.4) is 0 Å². The Morgan fingerprint density at radius 2 is 2.12 bits per heavy atom. The van der Waals surface area contributed by atoms with Gasteiger partial charge in [-0.25, -0.2) is 0 Å². The normalized spacial score (nSPS) is 11.4. The van der Waals surface area contributed by atoms with E-state index in [-0.39, 0.29) is 0 Å². The third-order valence-electron chi connectivity index (χ3n) is 1.03. The van der Waals surface area contributed by atoms with E-state index in [1.54, 1.807) is 0 Å². The average Bonchev–Trinajstić information content (AvgIpc) is 1.67. The molecule has 2 heteroatoms. The highest BCUT2D eigenvalue weighted by atomic mass is 28.4. The molecule has 0 aromatic heterocycles. The van der Waals surface area contributed by atoms with Gasteiger partial charge in [-0.2, -0.15) is 0 Å². The fourth-order valence-electron chi connectivity index (χ4n) is 0.407. The molecule has 0 saturated heterocycles. The molecule has 1 radical (unpaired) electrons. The summed E-state index contributed by atoms with van der Waals surface area (Å²) in [5, 5.41) is 0. The quantitative estimate of drug-likeness (QED) is 0.419. The van der Waals surface area contributed by atoms with Crippen LogP contribution in [0.2, 0.25) is 19.1 Å². The summed E-state index contributed by atoms with van der Waals surface area (Å²) in [5.41, 5.74) is 0. The Bertz CT molecular complexity index is 78.6. The predicted molar refractivity (Wildman–Crippen MR) is 38.9 cm³/mol. The van der Waals surface area contributed by atoms with Crippen molar-refractivity contribution in [1.82, 2.24) is 0 Å². The number of rotatable bonds is 3. The molecule has 0 N–H and O–H groups in total. The molecule has 0 fully saturated rings. The molecule has 0 unspecified atom stereocenters. The minimum Gasteiger partial charge on any atom is -0.415 e. The van der Waals surface area contributed by atoms with Crippen molar-refractivity contribution in [2.45, 2.75) is 19.1 Å². The van der Waals surface area contributed by atoms with Gasteiger partial charge in [0.25, 0.3) is 0 Å². The van der Waals surface area contributed by atoms with Crippen molar-refractivity contribution in [2.75, 3.05) is 0 Å². The highest BCUT2D eigenvalue weighted by Crippen LogP contribution is 2.09. The molecule has 8 heavy (non-hydrogen) atoms. The molecule has 0 saturated carbocycles. The summed E-state index contributed by atoms with van der Waals surface area (Å²) in [7, 11) is 1.98. The van der Waals surface area contributed by atoms with Gasteiger partial charge in [0, 0.05) is 0 Å². The van der Waals surface area contributed by atoms with Gasteiger partial charge >= 0.3 is 0 Å². The summed E-state index contributed by atoms with van der Waals surface area (Å²) in [6, 6.07) is 0.983. The van der Waals surface area contributed by atoms with Crippen LogP contribution < -0.4 is 0 Å². The average molecular weight is 129 g/mol. The maximum absolute atomic E-state index is 5.00. The van der Waals surface area contributed by atoms with Gasteiger partial charge in [0.05, 0.1) is 7.11 Å². The molecule has 47 valence electrons. The number of hydrogen-bond acceptors (Lipinski definition) is 1. The first-order valence-electron chi connectivity index (χ1n) is 2.66. The summed E-state index contributed by atoms with van der Waals surface area (Å²) in [6.07, 6.45) is 1.89.